The fourth-order valence-corrected chi connectivity index (χ4v) is 2.47. The summed E-state index contributed by atoms with van der Waals surface area (Å²) in [5.41, 5.74) is 0.823. The Hall–Kier alpha value is -1.90. The predicted molar refractivity (Wildman–Crippen MR) is 76.8 cm³/mol. The number of hydrogen-bond donors (Lipinski definition) is 2. The molecule has 1 aromatic carbocycles. The predicted octanol–water partition coefficient (Wildman–Crippen LogP) is 1.84. The number of nitrogens with one attached hydrogen (secondary N) is 1. The molecule has 0 radical (unpaired) electrons. The van der Waals surface area contributed by atoms with E-state index in [1.807, 2.05) is 0 Å². The fourth-order valence-electron chi connectivity index (χ4n) is 1.77. The molecule has 2 aromatic rings. The number of rotatable bonds is 3. The van der Waals surface area contributed by atoms with Crippen molar-refractivity contribution in [1.82, 2.24) is 5.16 Å². The lowest BCUT2D eigenvalue weighted by Gasteiger charge is -2.08. The zero-order valence-electron chi connectivity index (χ0n) is 11.2. The van der Waals surface area contributed by atoms with Crippen LogP contribution in [0, 0.1) is 13.8 Å². The standard InChI is InChI=1S/C12H12ClN3O4S/c1-6-11(7(2)20-16-6)12(17)15-10-5-8(21(14,18)19)3-4-9(10)13/h3-5H,1-2H3,(H,15,17)(H2,14,18,19). The summed E-state index contributed by atoms with van der Waals surface area (Å²) >= 11 is 5.94. The maximum Gasteiger partial charge on any atom is 0.261 e. The number of hydrogen-bond acceptors (Lipinski definition) is 5. The maximum absolute atomic E-state index is 12.2. The molecular weight excluding hydrogens is 318 g/mol. The summed E-state index contributed by atoms with van der Waals surface area (Å²) < 4.78 is 27.5. The highest BCUT2D eigenvalue weighted by atomic mass is 35.5. The summed E-state index contributed by atoms with van der Waals surface area (Å²) in [6.45, 7) is 3.21. The number of sulfonamides is 1. The minimum absolute atomic E-state index is 0.133. The average molecular weight is 330 g/mol. The number of carbonyl (C=O) groups is 1. The minimum Gasteiger partial charge on any atom is -0.361 e. The molecular formula is C12H12ClN3O4S. The Bertz CT molecular complexity index is 794. The first-order valence-electron chi connectivity index (χ1n) is 5.76. The number of nitrogens with two attached hydrogens (primary N) is 1. The number of carbonyl (C=O) groups excluding carboxylic acids is 1. The zero-order chi connectivity index (χ0) is 15.8. The van der Waals surface area contributed by atoms with Crippen molar-refractivity contribution >= 4 is 33.2 Å². The van der Waals surface area contributed by atoms with Gasteiger partial charge in [-0.25, -0.2) is 13.6 Å². The molecule has 0 aliphatic carbocycles. The first kappa shape index (κ1) is 15.5. The van der Waals surface area contributed by atoms with Gasteiger partial charge in [-0.05, 0) is 32.0 Å². The van der Waals surface area contributed by atoms with Gasteiger partial charge in [0.15, 0.2) is 0 Å². The summed E-state index contributed by atoms with van der Waals surface area (Å²) in [6.07, 6.45) is 0. The molecule has 0 saturated carbocycles. The summed E-state index contributed by atoms with van der Waals surface area (Å²) in [6, 6.07) is 3.78. The summed E-state index contributed by atoms with van der Waals surface area (Å²) in [5.74, 6) is -0.150. The smallest absolute Gasteiger partial charge is 0.261 e. The highest BCUT2D eigenvalue weighted by Crippen LogP contribution is 2.26. The Labute approximate surface area is 126 Å². The van der Waals surface area contributed by atoms with Crippen LogP contribution in [0.3, 0.4) is 0 Å². The lowest BCUT2D eigenvalue weighted by atomic mass is 10.2. The van der Waals surface area contributed by atoms with Gasteiger partial charge in [0, 0.05) is 0 Å². The molecule has 0 saturated heterocycles. The number of benzene rings is 1. The topological polar surface area (TPSA) is 115 Å². The van der Waals surface area contributed by atoms with Crippen molar-refractivity contribution in [3.8, 4) is 0 Å². The quantitative estimate of drug-likeness (QED) is 0.891. The van der Waals surface area contributed by atoms with Crippen molar-refractivity contribution in [3.05, 3.63) is 40.2 Å². The molecule has 0 spiro atoms. The zero-order valence-corrected chi connectivity index (χ0v) is 12.7. The second-order valence-electron chi connectivity index (χ2n) is 4.34. The van der Waals surface area contributed by atoms with Gasteiger partial charge in [-0.1, -0.05) is 16.8 Å². The summed E-state index contributed by atoms with van der Waals surface area (Å²) in [5, 5.41) is 11.4. The monoisotopic (exact) mass is 329 g/mol. The molecule has 7 nitrogen and oxygen atoms in total. The van der Waals surface area contributed by atoms with E-state index in [0.717, 1.165) is 0 Å². The van der Waals surface area contributed by atoms with Crippen LogP contribution in [0.2, 0.25) is 5.02 Å². The van der Waals surface area contributed by atoms with Crippen LogP contribution < -0.4 is 10.5 Å². The van der Waals surface area contributed by atoms with Crippen molar-refractivity contribution in [2.75, 3.05) is 5.32 Å². The average Bonchev–Trinajstić information content (AvgIpc) is 2.70. The van der Waals surface area contributed by atoms with Crippen LogP contribution in [0.15, 0.2) is 27.6 Å². The van der Waals surface area contributed by atoms with Gasteiger partial charge in [-0.3, -0.25) is 4.79 Å². The lowest BCUT2D eigenvalue weighted by molar-refractivity contribution is 0.102. The Balaban J connectivity index is 2.38. The molecule has 0 unspecified atom stereocenters. The Morgan fingerprint density at radius 3 is 2.57 bits per heavy atom. The van der Waals surface area contributed by atoms with Gasteiger partial charge in [-0.2, -0.15) is 0 Å². The van der Waals surface area contributed by atoms with Crippen LogP contribution in [0.5, 0.6) is 0 Å². The summed E-state index contributed by atoms with van der Waals surface area (Å²) in [4.78, 5) is 12.0. The van der Waals surface area contributed by atoms with Crippen molar-refractivity contribution < 1.29 is 17.7 Å². The molecule has 21 heavy (non-hydrogen) atoms. The number of anilines is 1. The molecule has 2 rings (SSSR count). The highest BCUT2D eigenvalue weighted by Gasteiger charge is 2.19. The number of aryl methyl sites for hydroxylation is 2. The van der Waals surface area contributed by atoms with Crippen LogP contribution in [0.25, 0.3) is 0 Å². The van der Waals surface area contributed by atoms with E-state index in [4.69, 9.17) is 21.3 Å². The van der Waals surface area contributed by atoms with Gasteiger partial charge in [0.2, 0.25) is 10.0 Å². The van der Waals surface area contributed by atoms with E-state index in [1.54, 1.807) is 13.8 Å². The lowest BCUT2D eigenvalue weighted by Crippen LogP contribution is -2.16. The Kier molecular flexibility index (Phi) is 4.04. The van der Waals surface area contributed by atoms with Crippen molar-refractivity contribution in [3.63, 3.8) is 0 Å². The molecule has 0 aliphatic rings. The molecule has 0 aliphatic heterocycles. The van der Waals surface area contributed by atoms with E-state index < -0.39 is 15.9 Å². The van der Waals surface area contributed by atoms with E-state index in [9.17, 15) is 13.2 Å². The van der Waals surface area contributed by atoms with E-state index >= 15 is 0 Å². The molecule has 0 fully saturated rings. The second kappa shape index (κ2) is 5.47. The number of aromatic nitrogens is 1. The first-order chi connectivity index (χ1) is 9.70. The maximum atomic E-state index is 12.2. The Morgan fingerprint density at radius 1 is 1.38 bits per heavy atom. The van der Waals surface area contributed by atoms with E-state index in [1.165, 1.54) is 18.2 Å². The third kappa shape index (κ3) is 3.23. The third-order valence-corrected chi connectivity index (χ3v) is 4.02. The minimum atomic E-state index is -3.89. The van der Waals surface area contributed by atoms with Crippen molar-refractivity contribution in [1.29, 1.82) is 0 Å². The molecule has 1 amide bonds. The SMILES string of the molecule is Cc1noc(C)c1C(=O)Nc1cc(S(N)(=O)=O)ccc1Cl. The van der Waals surface area contributed by atoms with Gasteiger partial charge >= 0.3 is 0 Å². The van der Waals surface area contributed by atoms with Crippen LogP contribution in [-0.2, 0) is 10.0 Å². The largest absolute Gasteiger partial charge is 0.361 e. The highest BCUT2D eigenvalue weighted by molar-refractivity contribution is 7.89. The normalized spacial score (nSPS) is 11.4. The van der Waals surface area contributed by atoms with Crippen LogP contribution in [-0.4, -0.2) is 19.5 Å². The van der Waals surface area contributed by atoms with E-state index in [2.05, 4.69) is 10.5 Å². The van der Waals surface area contributed by atoms with Crippen molar-refractivity contribution in [2.24, 2.45) is 5.14 Å². The van der Waals surface area contributed by atoms with E-state index in [0.29, 0.717) is 11.5 Å². The van der Waals surface area contributed by atoms with Gasteiger partial charge in [-0.15, -0.1) is 0 Å². The summed E-state index contributed by atoms with van der Waals surface area (Å²) in [7, 11) is -3.89. The second-order valence-corrected chi connectivity index (χ2v) is 6.31. The Morgan fingerprint density at radius 2 is 2.05 bits per heavy atom. The van der Waals surface area contributed by atoms with Crippen molar-refractivity contribution in [2.45, 2.75) is 18.7 Å². The van der Waals surface area contributed by atoms with Crippen LogP contribution in [0.1, 0.15) is 21.8 Å². The fraction of sp³-hybridized carbons (Fsp3) is 0.167. The number of nitrogens with zero attached hydrogens (tertiary/aromatic N) is 1. The molecule has 0 atom stereocenters. The number of primary sulfonamides is 1. The molecule has 1 heterocycles. The van der Waals surface area contributed by atoms with Crippen LogP contribution in [0.4, 0.5) is 5.69 Å². The van der Waals surface area contributed by atoms with Gasteiger partial charge in [0.25, 0.3) is 5.91 Å². The molecule has 112 valence electrons. The van der Waals surface area contributed by atoms with E-state index in [-0.39, 0.29) is 21.2 Å². The van der Waals surface area contributed by atoms with Crippen LogP contribution >= 0.6 is 11.6 Å². The molecule has 1 aromatic heterocycles. The molecule has 3 N–H and O–H groups in total. The number of halogens is 1. The van der Waals surface area contributed by atoms with Gasteiger partial charge < -0.3 is 9.84 Å². The molecule has 9 heteroatoms. The third-order valence-electron chi connectivity index (χ3n) is 2.77. The first-order valence-corrected chi connectivity index (χ1v) is 7.69. The van der Waals surface area contributed by atoms with Gasteiger partial charge in [0.1, 0.15) is 11.3 Å². The number of amides is 1. The van der Waals surface area contributed by atoms with Gasteiger partial charge in [0.05, 0.1) is 21.3 Å². The molecule has 0 bridgehead atoms.